The molecule has 0 fully saturated rings. The first kappa shape index (κ1) is 13.2. The highest BCUT2D eigenvalue weighted by molar-refractivity contribution is 5.28. The van der Waals surface area contributed by atoms with Gasteiger partial charge in [0.15, 0.2) is 0 Å². The van der Waals surface area contributed by atoms with Crippen LogP contribution in [0.1, 0.15) is 24.0 Å². The van der Waals surface area contributed by atoms with Gasteiger partial charge in [0, 0.05) is 5.92 Å². The molecular formula is C11H10F3NO2. The minimum absolute atomic E-state index is 0.303. The Hall–Kier alpha value is -1.85. The van der Waals surface area contributed by atoms with E-state index in [1.54, 1.807) is 6.92 Å². The molecule has 0 saturated heterocycles. The normalized spacial score (nSPS) is 13.9. The van der Waals surface area contributed by atoms with E-state index in [9.17, 15) is 23.3 Å². The molecule has 0 N–H and O–H groups in total. The Morgan fingerprint density at radius 1 is 1.29 bits per heavy atom. The second kappa shape index (κ2) is 4.99. The van der Waals surface area contributed by atoms with E-state index >= 15 is 0 Å². The molecule has 1 unspecified atom stereocenters. The van der Waals surface area contributed by atoms with E-state index in [-0.39, 0.29) is 5.92 Å². The van der Waals surface area contributed by atoms with Gasteiger partial charge in [-0.15, -0.1) is 0 Å². The average molecular weight is 245 g/mol. The summed E-state index contributed by atoms with van der Waals surface area (Å²) in [5.41, 5.74) is -0.136. The van der Waals surface area contributed by atoms with Crippen molar-refractivity contribution in [3.05, 3.63) is 57.8 Å². The van der Waals surface area contributed by atoms with Crippen LogP contribution in [0, 0.1) is 10.1 Å². The number of rotatable bonds is 3. The fraction of sp³-hybridized carbons (Fsp3) is 0.273. The predicted molar refractivity (Wildman–Crippen MR) is 56.0 cm³/mol. The summed E-state index contributed by atoms with van der Waals surface area (Å²) in [6, 6.07) is 4.56. The number of halogens is 3. The van der Waals surface area contributed by atoms with Gasteiger partial charge < -0.3 is 0 Å². The lowest BCUT2D eigenvalue weighted by molar-refractivity contribution is -0.402. The van der Waals surface area contributed by atoms with E-state index in [2.05, 4.69) is 0 Å². The van der Waals surface area contributed by atoms with Crippen molar-refractivity contribution in [3.63, 3.8) is 0 Å². The first-order valence-electron chi connectivity index (χ1n) is 4.79. The fourth-order valence-electron chi connectivity index (χ4n) is 1.29. The third-order valence-electron chi connectivity index (χ3n) is 2.26. The Morgan fingerprint density at radius 2 is 1.82 bits per heavy atom. The molecule has 0 aliphatic carbocycles. The Kier molecular flexibility index (Phi) is 3.88. The molecule has 0 bridgehead atoms. The van der Waals surface area contributed by atoms with Gasteiger partial charge in [-0.1, -0.05) is 19.1 Å². The molecule has 6 heteroatoms. The van der Waals surface area contributed by atoms with Crippen molar-refractivity contribution in [1.82, 2.24) is 0 Å². The number of hydrogen-bond donors (Lipinski definition) is 0. The summed E-state index contributed by atoms with van der Waals surface area (Å²) in [5, 5.41) is 10.1. The van der Waals surface area contributed by atoms with Crippen LogP contribution in [0.3, 0.4) is 0 Å². The van der Waals surface area contributed by atoms with E-state index in [1.165, 1.54) is 18.2 Å². The van der Waals surface area contributed by atoms with E-state index in [0.29, 0.717) is 5.56 Å². The summed E-state index contributed by atoms with van der Waals surface area (Å²) < 4.78 is 36.8. The lowest BCUT2D eigenvalue weighted by Gasteiger charge is -2.09. The second-order valence-electron chi connectivity index (χ2n) is 3.54. The molecule has 0 aromatic heterocycles. The molecule has 1 atom stereocenters. The topological polar surface area (TPSA) is 43.1 Å². The number of nitrogens with zero attached hydrogens (tertiary/aromatic N) is 1. The maximum atomic E-state index is 12.3. The Bertz CT molecular complexity index is 423. The van der Waals surface area contributed by atoms with Crippen molar-refractivity contribution in [1.29, 1.82) is 0 Å². The van der Waals surface area contributed by atoms with Crippen molar-refractivity contribution in [3.8, 4) is 0 Å². The first-order valence-corrected chi connectivity index (χ1v) is 4.79. The highest BCUT2D eigenvalue weighted by atomic mass is 19.4. The van der Waals surface area contributed by atoms with Crippen molar-refractivity contribution in [2.24, 2.45) is 0 Å². The SMILES string of the molecule is CC(/C=C/[N+](=O)[O-])c1ccc(C(F)(F)F)cc1. The van der Waals surface area contributed by atoms with Crippen LogP contribution < -0.4 is 0 Å². The van der Waals surface area contributed by atoms with Gasteiger partial charge in [-0.2, -0.15) is 13.2 Å². The minimum atomic E-state index is -4.36. The summed E-state index contributed by atoms with van der Waals surface area (Å²) in [6.07, 6.45) is -2.26. The second-order valence-corrected chi connectivity index (χ2v) is 3.54. The van der Waals surface area contributed by atoms with Gasteiger partial charge in [0.2, 0.25) is 6.20 Å². The Labute approximate surface area is 95.7 Å². The minimum Gasteiger partial charge on any atom is -0.259 e. The molecule has 1 aromatic carbocycles. The third kappa shape index (κ3) is 3.90. The van der Waals surface area contributed by atoms with E-state index < -0.39 is 16.7 Å². The van der Waals surface area contributed by atoms with Crippen LogP contribution in [-0.4, -0.2) is 4.92 Å². The summed E-state index contributed by atoms with van der Waals surface area (Å²) in [7, 11) is 0. The van der Waals surface area contributed by atoms with Crippen molar-refractivity contribution < 1.29 is 18.1 Å². The van der Waals surface area contributed by atoms with Crippen molar-refractivity contribution in [2.75, 3.05) is 0 Å². The molecule has 0 aliphatic rings. The number of alkyl halides is 3. The number of allylic oxidation sites excluding steroid dienone is 1. The number of hydrogen-bond acceptors (Lipinski definition) is 2. The van der Waals surface area contributed by atoms with Crippen molar-refractivity contribution in [2.45, 2.75) is 19.0 Å². The average Bonchev–Trinajstić information content (AvgIpc) is 2.25. The zero-order valence-corrected chi connectivity index (χ0v) is 8.94. The smallest absolute Gasteiger partial charge is 0.259 e. The van der Waals surface area contributed by atoms with Crippen LogP contribution in [0.4, 0.5) is 13.2 Å². The van der Waals surface area contributed by atoms with Gasteiger partial charge in [0.1, 0.15) is 0 Å². The molecule has 0 radical (unpaired) electrons. The summed E-state index contributed by atoms with van der Waals surface area (Å²) in [5.74, 6) is -0.303. The molecule has 1 aromatic rings. The van der Waals surface area contributed by atoms with Crippen LogP contribution in [0.15, 0.2) is 36.5 Å². The van der Waals surface area contributed by atoms with Crippen LogP contribution >= 0.6 is 0 Å². The molecule has 1 rings (SSSR count). The summed E-state index contributed by atoms with van der Waals surface area (Å²) >= 11 is 0. The van der Waals surface area contributed by atoms with Gasteiger partial charge in [-0.3, -0.25) is 10.1 Å². The maximum absolute atomic E-state index is 12.3. The van der Waals surface area contributed by atoms with Crippen LogP contribution in [0.2, 0.25) is 0 Å². The quantitative estimate of drug-likeness (QED) is 0.603. The first-order chi connectivity index (χ1) is 7.80. The molecule has 0 aliphatic heterocycles. The van der Waals surface area contributed by atoms with Crippen LogP contribution in [-0.2, 0) is 6.18 Å². The highest BCUT2D eigenvalue weighted by Gasteiger charge is 2.30. The highest BCUT2D eigenvalue weighted by Crippen LogP contribution is 2.30. The zero-order chi connectivity index (χ0) is 13.1. The Balaban J connectivity index is 2.84. The standard InChI is InChI=1S/C11H10F3NO2/c1-8(6-7-15(16)17)9-2-4-10(5-3-9)11(12,13)14/h2-8H,1H3/b7-6+. The van der Waals surface area contributed by atoms with E-state index in [0.717, 1.165) is 18.3 Å². The fourth-order valence-corrected chi connectivity index (χ4v) is 1.29. The molecular weight excluding hydrogens is 235 g/mol. The van der Waals surface area contributed by atoms with Gasteiger partial charge in [-0.25, -0.2) is 0 Å². The molecule has 92 valence electrons. The number of nitro groups is 1. The summed E-state index contributed by atoms with van der Waals surface area (Å²) in [6.45, 7) is 1.67. The lowest BCUT2D eigenvalue weighted by atomic mass is 10.00. The molecule has 3 nitrogen and oxygen atoms in total. The molecule has 17 heavy (non-hydrogen) atoms. The van der Waals surface area contributed by atoms with Gasteiger partial charge in [0.25, 0.3) is 0 Å². The third-order valence-corrected chi connectivity index (χ3v) is 2.26. The van der Waals surface area contributed by atoms with Gasteiger partial charge >= 0.3 is 6.18 Å². The van der Waals surface area contributed by atoms with Crippen LogP contribution in [0.5, 0.6) is 0 Å². The molecule has 0 amide bonds. The lowest BCUT2D eigenvalue weighted by Crippen LogP contribution is -2.04. The van der Waals surface area contributed by atoms with Crippen LogP contribution in [0.25, 0.3) is 0 Å². The predicted octanol–water partition coefficient (Wildman–Crippen LogP) is 3.60. The van der Waals surface area contributed by atoms with Gasteiger partial charge in [0.05, 0.1) is 10.5 Å². The molecule has 0 saturated carbocycles. The van der Waals surface area contributed by atoms with E-state index in [4.69, 9.17) is 0 Å². The number of benzene rings is 1. The Morgan fingerprint density at radius 3 is 2.24 bits per heavy atom. The maximum Gasteiger partial charge on any atom is 0.416 e. The zero-order valence-electron chi connectivity index (χ0n) is 8.94. The summed E-state index contributed by atoms with van der Waals surface area (Å²) in [4.78, 5) is 9.48. The molecule has 0 heterocycles. The monoisotopic (exact) mass is 245 g/mol. The van der Waals surface area contributed by atoms with E-state index in [1.807, 2.05) is 0 Å². The van der Waals surface area contributed by atoms with Crippen molar-refractivity contribution >= 4 is 0 Å². The molecule has 0 spiro atoms. The van der Waals surface area contributed by atoms with Gasteiger partial charge in [-0.05, 0) is 23.8 Å². The largest absolute Gasteiger partial charge is 0.416 e.